The Morgan fingerprint density at radius 3 is 2.71 bits per heavy atom. The van der Waals surface area contributed by atoms with Crippen LogP contribution < -0.4 is 10.3 Å². The lowest BCUT2D eigenvalue weighted by Gasteiger charge is -2.05. The predicted octanol–water partition coefficient (Wildman–Crippen LogP) is 4.37. The molecule has 3 heterocycles. The van der Waals surface area contributed by atoms with Gasteiger partial charge >= 0.3 is 0 Å². The fourth-order valence-electron chi connectivity index (χ4n) is 2.79. The van der Waals surface area contributed by atoms with Crippen molar-refractivity contribution in [1.82, 2.24) is 14.6 Å². The Kier molecular flexibility index (Phi) is 4.93. The Bertz CT molecular complexity index is 1250. The minimum Gasteiger partial charge on any atom is -0.481 e. The molecule has 4 rings (SSSR count). The number of halogens is 1. The lowest BCUT2D eigenvalue weighted by molar-refractivity contribution is 0.397. The van der Waals surface area contributed by atoms with Crippen LogP contribution in [-0.2, 0) is 0 Å². The number of benzene rings is 1. The highest BCUT2D eigenvalue weighted by Crippen LogP contribution is 2.31. The number of methoxy groups -OCH3 is 1. The van der Waals surface area contributed by atoms with Crippen LogP contribution in [0.5, 0.6) is 5.88 Å². The standard InChI is InChI=1S/C20H15ClN4O2S/c1-12-23-19-18(16(11-28-19)13-6-8-14(21)9-7-13)20(26)25(12)22-10-15-4-3-5-17(24-15)27-2/h3-11H,1-2H3/b22-10+. The maximum Gasteiger partial charge on any atom is 0.283 e. The first-order valence-electron chi connectivity index (χ1n) is 8.39. The molecule has 0 aliphatic carbocycles. The number of thiophene rings is 1. The number of pyridine rings is 1. The summed E-state index contributed by atoms with van der Waals surface area (Å²) in [6.45, 7) is 1.75. The summed E-state index contributed by atoms with van der Waals surface area (Å²) >= 11 is 7.41. The summed E-state index contributed by atoms with van der Waals surface area (Å²) in [6, 6.07) is 12.7. The Balaban J connectivity index is 1.83. The van der Waals surface area contributed by atoms with Crippen LogP contribution in [0, 0.1) is 6.92 Å². The average Bonchev–Trinajstić information content (AvgIpc) is 3.12. The fourth-order valence-corrected chi connectivity index (χ4v) is 3.90. The lowest BCUT2D eigenvalue weighted by atomic mass is 10.1. The number of ether oxygens (including phenoxy) is 1. The second-order valence-electron chi connectivity index (χ2n) is 5.96. The molecule has 0 fully saturated rings. The van der Waals surface area contributed by atoms with Crippen LogP contribution in [0.1, 0.15) is 11.5 Å². The predicted molar refractivity (Wildman–Crippen MR) is 113 cm³/mol. The first-order valence-corrected chi connectivity index (χ1v) is 9.65. The smallest absolute Gasteiger partial charge is 0.283 e. The van der Waals surface area contributed by atoms with Gasteiger partial charge in [0, 0.05) is 22.0 Å². The van der Waals surface area contributed by atoms with Crippen molar-refractivity contribution in [2.45, 2.75) is 6.92 Å². The van der Waals surface area contributed by atoms with Crippen LogP contribution in [0.4, 0.5) is 0 Å². The van der Waals surface area contributed by atoms with E-state index in [1.165, 1.54) is 22.2 Å². The summed E-state index contributed by atoms with van der Waals surface area (Å²) in [5, 5.41) is 7.42. The number of hydrogen-bond acceptors (Lipinski definition) is 6. The van der Waals surface area contributed by atoms with E-state index >= 15 is 0 Å². The van der Waals surface area contributed by atoms with Gasteiger partial charge in [0.2, 0.25) is 5.88 Å². The normalized spacial score (nSPS) is 11.4. The third kappa shape index (κ3) is 3.42. The summed E-state index contributed by atoms with van der Waals surface area (Å²) in [5.41, 5.74) is 2.07. The second-order valence-corrected chi connectivity index (χ2v) is 7.26. The molecule has 0 unspecified atom stereocenters. The van der Waals surface area contributed by atoms with Crippen molar-refractivity contribution < 1.29 is 4.74 Å². The van der Waals surface area contributed by atoms with E-state index in [0.29, 0.717) is 32.6 Å². The lowest BCUT2D eigenvalue weighted by Crippen LogP contribution is -2.20. The summed E-state index contributed by atoms with van der Waals surface area (Å²) in [4.78, 5) is 22.7. The molecule has 6 nitrogen and oxygen atoms in total. The largest absolute Gasteiger partial charge is 0.481 e. The summed E-state index contributed by atoms with van der Waals surface area (Å²) in [5.74, 6) is 0.977. The molecule has 0 saturated carbocycles. The van der Waals surface area contributed by atoms with E-state index in [4.69, 9.17) is 16.3 Å². The number of rotatable bonds is 4. The number of aromatic nitrogens is 3. The SMILES string of the molecule is COc1cccc(/C=N/n2c(C)nc3scc(-c4ccc(Cl)cc4)c3c2=O)n1. The Morgan fingerprint density at radius 1 is 1.18 bits per heavy atom. The van der Waals surface area contributed by atoms with E-state index in [9.17, 15) is 4.79 Å². The molecule has 0 amide bonds. The molecule has 140 valence electrons. The number of aryl methyl sites for hydroxylation is 1. The van der Waals surface area contributed by atoms with Crippen LogP contribution in [-0.4, -0.2) is 28.0 Å². The van der Waals surface area contributed by atoms with Crippen LogP contribution in [0.3, 0.4) is 0 Å². The Hall–Kier alpha value is -3.03. The third-order valence-electron chi connectivity index (χ3n) is 4.16. The Labute approximate surface area is 169 Å². The monoisotopic (exact) mass is 410 g/mol. The van der Waals surface area contributed by atoms with Gasteiger partial charge in [-0.25, -0.2) is 9.97 Å². The molecule has 0 saturated heterocycles. The summed E-state index contributed by atoms with van der Waals surface area (Å²) < 4.78 is 6.40. The van der Waals surface area contributed by atoms with Gasteiger partial charge in [0.05, 0.1) is 24.4 Å². The van der Waals surface area contributed by atoms with Crippen molar-refractivity contribution in [2.75, 3.05) is 7.11 Å². The van der Waals surface area contributed by atoms with Gasteiger partial charge in [-0.2, -0.15) is 9.78 Å². The van der Waals surface area contributed by atoms with Gasteiger partial charge in [-0.15, -0.1) is 11.3 Å². The molecule has 0 spiro atoms. The number of nitrogens with zero attached hydrogens (tertiary/aromatic N) is 4. The molecule has 0 aliphatic heterocycles. The van der Waals surface area contributed by atoms with E-state index in [-0.39, 0.29) is 5.56 Å². The highest BCUT2D eigenvalue weighted by molar-refractivity contribution is 7.17. The van der Waals surface area contributed by atoms with Gasteiger partial charge in [-0.05, 0) is 30.7 Å². The molecule has 0 radical (unpaired) electrons. The Morgan fingerprint density at radius 2 is 1.96 bits per heavy atom. The number of hydrogen-bond donors (Lipinski definition) is 0. The molecule has 8 heteroatoms. The average molecular weight is 411 g/mol. The highest BCUT2D eigenvalue weighted by Gasteiger charge is 2.15. The van der Waals surface area contributed by atoms with E-state index in [2.05, 4.69) is 15.1 Å². The van der Waals surface area contributed by atoms with Gasteiger partial charge in [0.25, 0.3) is 5.56 Å². The fraction of sp³-hybridized carbons (Fsp3) is 0.100. The van der Waals surface area contributed by atoms with Crippen molar-refractivity contribution in [3.05, 3.63) is 74.7 Å². The second kappa shape index (κ2) is 7.53. The molecule has 28 heavy (non-hydrogen) atoms. The maximum absolute atomic E-state index is 13.2. The van der Waals surface area contributed by atoms with E-state index in [0.717, 1.165) is 11.1 Å². The number of fused-ring (bicyclic) bond motifs is 1. The highest BCUT2D eigenvalue weighted by atomic mass is 35.5. The van der Waals surface area contributed by atoms with Gasteiger partial charge in [-0.1, -0.05) is 29.8 Å². The van der Waals surface area contributed by atoms with E-state index < -0.39 is 0 Å². The van der Waals surface area contributed by atoms with Crippen LogP contribution >= 0.6 is 22.9 Å². The van der Waals surface area contributed by atoms with E-state index in [1.807, 2.05) is 23.6 Å². The summed E-state index contributed by atoms with van der Waals surface area (Å²) in [7, 11) is 1.55. The van der Waals surface area contributed by atoms with Gasteiger partial charge in [-0.3, -0.25) is 4.79 Å². The topological polar surface area (TPSA) is 69.4 Å². The molecule has 4 aromatic rings. The molecule has 0 N–H and O–H groups in total. The minimum absolute atomic E-state index is 0.229. The zero-order valence-electron chi connectivity index (χ0n) is 15.1. The van der Waals surface area contributed by atoms with Crippen molar-refractivity contribution >= 4 is 39.4 Å². The summed E-state index contributed by atoms with van der Waals surface area (Å²) in [6.07, 6.45) is 1.51. The maximum atomic E-state index is 13.2. The van der Waals surface area contributed by atoms with Crippen LogP contribution in [0.25, 0.3) is 21.3 Å². The zero-order chi connectivity index (χ0) is 19.7. The van der Waals surface area contributed by atoms with Crippen molar-refractivity contribution in [3.63, 3.8) is 0 Å². The molecule has 0 atom stereocenters. The van der Waals surface area contributed by atoms with Crippen molar-refractivity contribution in [2.24, 2.45) is 5.10 Å². The van der Waals surface area contributed by atoms with Crippen molar-refractivity contribution in [3.8, 4) is 17.0 Å². The van der Waals surface area contributed by atoms with Crippen LogP contribution in [0.2, 0.25) is 5.02 Å². The van der Waals surface area contributed by atoms with Gasteiger partial charge in [0.1, 0.15) is 10.7 Å². The molecular formula is C20H15ClN4O2S. The first-order chi connectivity index (χ1) is 13.6. The van der Waals surface area contributed by atoms with Gasteiger partial charge in [0.15, 0.2) is 0 Å². The minimum atomic E-state index is -0.229. The zero-order valence-corrected chi connectivity index (χ0v) is 16.7. The molecule has 0 bridgehead atoms. The van der Waals surface area contributed by atoms with Gasteiger partial charge < -0.3 is 4.74 Å². The molecule has 3 aromatic heterocycles. The molecular weight excluding hydrogens is 396 g/mol. The quantitative estimate of drug-likeness (QED) is 0.468. The molecule has 0 aliphatic rings. The molecule has 1 aromatic carbocycles. The first kappa shape index (κ1) is 18.3. The van der Waals surface area contributed by atoms with Crippen LogP contribution in [0.15, 0.2) is 57.7 Å². The van der Waals surface area contributed by atoms with Crippen molar-refractivity contribution in [1.29, 1.82) is 0 Å². The van der Waals surface area contributed by atoms with E-state index in [1.54, 1.807) is 38.3 Å². The third-order valence-corrected chi connectivity index (χ3v) is 5.29.